The lowest BCUT2D eigenvalue weighted by molar-refractivity contribution is -0.138. The normalized spacial score (nSPS) is 18.0. The number of nitrogens with one attached hydrogen (secondary N) is 1. The van der Waals surface area contributed by atoms with Crippen molar-refractivity contribution in [2.45, 2.75) is 19.4 Å². The van der Waals surface area contributed by atoms with Gasteiger partial charge in [0.1, 0.15) is 17.7 Å². The van der Waals surface area contributed by atoms with Crippen LogP contribution in [0, 0.1) is 6.92 Å². The van der Waals surface area contributed by atoms with Crippen molar-refractivity contribution < 1.29 is 14.3 Å². The zero-order valence-electron chi connectivity index (χ0n) is 13.4. The monoisotopic (exact) mass is 315 g/mol. The van der Waals surface area contributed by atoms with Crippen LogP contribution in [0.3, 0.4) is 0 Å². The molecule has 0 aliphatic carbocycles. The van der Waals surface area contributed by atoms with E-state index in [0.29, 0.717) is 26.1 Å². The molecule has 1 aromatic heterocycles. The van der Waals surface area contributed by atoms with Gasteiger partial charge in [-0.25, -0.2) is 4.98 Å². The van der Waals surface area contributed by atoms with E-state index in [1.54, 1.807) is 13.3 Å². The summed E-state index contributed by atoms with van der Waals surface area (Å²) in [5, 5.41) is 0. The Labute approximate surface area is 135 Å². The van der Waals surface area contributed by atoms with E-state index in [0.717, 1.165) is 22.8 Å². The molecule has 122 valence electrons. The van der Waals surface area contributed by atoms with Gasteiger partial charge in [0.2, 0.25) is 5.91 Å². The van der Waals surface area contributed by atoms with E-state index in [4.69, 9.17) is 9.47 Å². The molecule has 0 radical (unpaired) electrons. The number of rotatable bonds is 4. The van der Waals surface area contributed by atoms with Crippen LogP contribution in [0.15, 0.2) is 30.5 Å². The summed E-state index contributed by atoms with van der Waals surface area (Å²) in [5.41, 5.74) is 1.97. The molecule has 0 bridgehead atoms. The number of imidazole rings is 1. The number of carbonyl (C=O) groups excluding carboxylic acids is 1. The van der Waals surface area contributed by atoms with Crippen LogP contribution < -0.4 is 4.74 Å². The van der Waals surface area contributed by atoms with Crippen LogP contribution in [-0.2, 0) is 16.0 Å². The minimum Gasteiger partial charge on any atom is -0.497 e. The zero-order chi connectivity index (χ0) is 16.2. The van der Waals surface area contributed by atoms with Crippen molar-refractivity contribution >= 4 is 5.91 Å². The first-order valence-corrected chi connectivity index (χ1v) is 7.69. The number of carbonyl (C=O) groups is 1. The molecule has 3 rings (SSSR count). The Morgan fingerprint density at radius 3 is 2.87 bits per heavy atom. The van der Waals surface area contributed by atoms with Crippen LogP contribution in [0.2, 0.25) is 0 Å². The molecule has 0 spiro atoms. The molecule has 1 amide bonds. The first kappa shape index (κ1) is 15.6. The molecule has 1 saturated heterocycles. The van der Waals surface area contributed by atoms with Crippen molar-refractivity contribution in [1.29, 1.82) is 0 Å². The van der Waals surface area contributed by atoms with Crippen molar-refractivity contribution in [3.63, 3.8) is 0 Å². The largest absolute Gasteiger partial charge is 0.497 e. The summed E-state index contributed by atoms with van der Waals surface area (Å²) in [4.78, 5) is 21.8. The number of aromatic amines is 1. The van der Waals surface area contributed by atoms with Crippen LogP contribution in [0.4, 0.5) is 0 Å². The lowest BCUT2D eigenvalue weighted by atomic mass is 10.1. The van der Waals surface area contributed by atoms with E-state index >= 15 is 0 Å². The first-order valence-electron chi connectivity index (χ1n) is 7.69. The average molecular weight is 315 g/mol. The van der Waals surface area contributed by atoms with Gasteiger partial charge in [-0.2, -0.15) is 0 Å². The Bertz CT molecular complexity index is 666. The van der Waals surface area contributed by atoms with Crippen molar-refractivity contribution in [3.05, 3.63) is 47.5 Å². The molecule has 1 fully saturated rings. The number of aromatic nitrogens is 2. The highest BCUT2D eigenvalue weighted by atomic mass is 16.5. The summed E-state index contributed by atoms with van der Waals surface area (Å²) in [5.74, 6) is 1.68. The number of benzene rings is 1. The number of aryl methyl sites for hydroxylation is 1. The number of nitrogens with zero attached hydrogens (tertiary/aromatic N) is 2. The average Bonchev–Trinajstić information content (AvgIpc) is 3.02. The fraction of sp³-hybridized carbons (Fsp3) is 0.412. The van der Waals surface area contributed by atoms with Crippen molar-refractivity contribution in [3.8, 4) is 5.75 Å². The number of H-pyrrole nitrogens is 1. The number of morpholine rings is 1. The third-order valence-corrected chi connectivity index (χ3v) is 3.96. The summed E-state index contributed by atoms with van der Waals surface area (Å²) < 4.78 is 10.9. The zero-order valence-corrected chi connectivity index (χ0v) is 13.4. The summed E-state index contributed by atoms with van der Waals surface area (Å²) in [7, 11) is 1.63. The maximum Gasteiger partial charge on any atom is 0.227 e. The standard InChI is InChI=1S/C17H21N3O3/c1-12-10-18-17(19-12)15-11-20(7-8-23-15)16(21)9-13-3-5-14(22-2)6-4-13/h3-6,10,15H,7-9,11H2,1-2H3,(H,18,19)/t15-/m0/s1. The number of amides is 1. The van der Waals surface area contributed by atoms with Crippen molar-refractivity contribution in [1.82, 2.24) is 14.9 Å². The highest BCUT2D eigenvalue weighted by Gasteiger charge is 2.27. The summed E-state index contributed by atoms with van der Waals surface area (Å²) in [6.07, 6.45) is 1.97. The maximum atomic E-state index is 12.5. The number of methoxy groups -OCH3 is 1. The molecular weight excluding hydrogens is 294 g/mol. The van der Waals surface area contributed by atoms with Crippen LogP contribution in [-0.4, -0.2) is 47.6 Å². The molecule has 1 atom stereocenters. The third-order valence-electron chi connectivity index (χ3n) is 3.96. The van der Waals surface area contributed by atoms with E-state index in [1.807, 2.05) is 36.1 Å². The fourth-order valence-electron chi connectivity index (χ4n) is 2.67. The van der Waals surface area contributed by atoms with Gasteiger partial charge in [0, 0.05) is 18.4 Å². The molecule has 0 unspecified atom stereocenters. The van der Waals surface area contributed by atoms with Crippen LogP contribution in [0.1, 0.15) is 23.2 Å². The lowest BCUT2D eigenvalue weighted by Crippen LogP contribution is -2.43. The SMILES string of the molecule is COc1ccc(CC(=O)N2CCO[C@H](c3ncc(C)[nH]3)C2)cc1. The van der Waals surface area contributed by atoms with Gasteiger partial charge in [-0.3, -0.25) is 4.79 Å². The number of ether oxygens (including phenoxy) is 2. The summed E-state index contributed by atoms with van der Waals surface area (Å²) in [6.45, 7) is 3.62. The second-order valence-electron chi connectivity index (χ2n) is 5.68. The van der Waals surface area contributed by atoms with Gasteiger partial charge >= 0.3 is 0 Å². The molecule has 6 heteroatoms. The predicted molar refractivity (Wildman–Crippen MR) is 85.3 cm³/mol. The third kappa shape index (κ3) is 3.71. The van der Waals surface area contributed by atoms with Gasteiger partial charge in [0.15, 0.2) is 0 Å². The van der Waals surface area contributed by atoms with Crippen molar-refractivity contribution in [2.24, 2.45) is 0 Å². The molecular formula is C17H21N3O3. The number of hydrogen-bond acceptors (Lipinski definition) is 4. The maximum absolute atomic E-state index is 12.5. The van der Waals surface area contributed by atoms with Gasteiger partial charge in [0.25, 0.3) is 0 Å². The molecule has 0 saturated carbocycles. The topological polar surface area (TPSA) is 67.4 Å². The molecule has 1 aliphatic rings. The summed E-state index contributed by atoms with van der Waals surface area (Å²) >= 11 is 0. The molecule has 2 heterocycles. The minimum absolute atomic E-state index is 0.103. The minimum atomic E-state index is -0.183. The Morgan fingerprint density at radius 2 is 2.22 bits per heavy atom. The van der Waals surface area contributed by atoms with E-state index in [9.17, 15) is 4.79 Å². The smallest absolute Gasteiger partial charge is 0.227 e. The highest BCUT2D eigenvalue weighted by Crippen LogP contribution is 2.20. The molecule has 23 heavy (non-hydrogen) atoms. The highest BCUT2D eigenvalue weighted by molar-refractivity contribution is 5.79. The predicted octanol–water partition coefficient (Wildman–Crippen LogP) is 1.87. The van der Waals surface area contributed by atoms with Gasteiger partial charge in [-0.15, -0.1) is 0 Å². The molecule has 1 N–H and O–H groups in total. The van der Waals surface area contributed by atoms with Crippen LogP contribution >= 0.6 is 0 Å². The second-order valence-corrected chi connectivity index (χ2v) is 5.68. The fourth-order valence-corrected chi connectivity index (χ4v) is 2.67. The van der Waals surface area contributed by atoms with E-state index in [1.165, 1.54) is 0 Å². The van der Waals surface area contributed by atoms with E-state index in [-0.39, 0.29) is 12.0 Å². The summed E-state index contributed by atoms with van der Waals surface area (Å²) in [6, 6.07) is 7.59. The van der Waals surface area contributed by atoms with Gasteiger partial charge < -0.3 is 19.4 Å². The first-order chi connectivity index (χ1) is 11.2. The Hall–Kier alpha value is -2.34. The van der Waals surface area contributed by atoms with Gasteiger partial charge in [-0.1, -0.05) is 12.1 Å². The Morgan fingerprint density at radius 1 is 1.43 bits per heavy atom. The quantitative estimate of drug-likeness (QED) is 0.935. The van der Waals surface area contributed by atoms with Crippen LogP contribution in [0.25, 0.3) is 0 Å². The Balaban J connectivity index is 1.62. The molecule has 1 aromatic carbocycles. The molecule has 1 aliphatic heterocycles. The molecule has 6 nitrogen and oxygen atoms in total. The Kier molecular flexibility index (Phi) is 4.62. The van der Waals surface area contributed by atoms with Crippen LogP contribution in [0.5, 0.6) is 5.75 Å². The second kappa shape index (κ2) is 6.83. The molecule has 2 aromatic rings. The van der Waals surface area contributed by atoms with Gasteiger partial charge in [0.05, 0.1) is 26.7 Å². The van der Waals surface area contributed by atoms with Crippen molar-refractivity contribution in [2.75, 3.05) is 26.8 Å². The van der Waals surface area contributed by atoms with E-state index < -0.39 is 0 Å². The lowest BCUT2D eigenvalue weighted by Gasteiger charge is -2.32. The van der Waals surface area contributed by atoms with E-state index in [2.05, 4.69) is 9.97 Å². The van der Waals surface area contributed by atoms with Gasteiger partial charge in [-0.05, 0) is 24.6 Å². The number of hydrogen-bond donors (Lipinski definition) is 1.